The summed E-state index contributed by atoms with van der Waals surface area (Å²) < 4.78 is 27.8. The number of rotatable bonds is 6. The van der Waals surface area contributed by atoms with Gasteiger partial charge in [0.2, 0.25) is 0 Å². The van der Waals surface area contributed by atoms with E-state index in [1.807, 2.05) is 25.1 Å². The zero-order chi connectivity index (χ0) is 18.6. The minimum atomic E-state index is -3.44. The van der Waals surface area contributed by atoms with E-state index in [2.05, 4.69) is 5.32 Å². The number of hydrogen-bond donors (Lipinski definition) is 1. The summed E-state index contributed by atoms with van der Waals surface area (Å²) in [5, 5.41) is 4.72. The number of piperidine rings is 1. The molecule has 0 radical (unpaired) electrons. The average Bonchev–Trinajstić information content (AvgIpc) is 3.18. The van der Waals surface area contributed by atoms with Crippen LogP contribution < -0.4 is 5.32 Å². The number of nitrogens with one attached hydrogen (secondary N) is 1. The van der Waals surface area contributed by atoms with Gasteiger partial charge >= 0.3 is 0 Å². The van der Waals surface area contributed by atoms with Gasteiger partial charge in [0.1, 0.15) is 4.21 Å². The van der Waals surface area contributed by atoms with Crippen molar-refractivity contribution in [1.82, 2.24) is 9.62 Å². The first-order valence-electron chi connectivity index (χ1n) is 8.89. The Bertz CT molecular complexity index is 847. The summed E-state index contributed by atoms with van der Waals surface area (Å²) in [5.41, 5.74) is 1.60. The van der Waals surface area contributed by atoms with Crippen molar-refractivity contribution in [2.45, 2.75) is 42.9 Å². The molecule has 1 amide bonds. The fourth-order valence-corrected chi connectivity index (χ4v) is 6.22. The van der Waals surface area contributed by atoms with Crippen molar-refractivity contribution in [2.24, 2.45) is 0 Å². The Balaban J connectivity index is 1.63. The number of hydrogen-bond acceptors (Lipinski definition) is 4. The summed E-state index contributed by atoms with van der Waals surface area (Å²) in [6, 6.07) is 10.8. The van der Waals surface area contributed by atoms with Gasteiger partial charge in [-0.25, -0.2) is 8.42 Å². The molecule has 1 fully saturated rings. The molecular formula is C19H24N2O3S2. The fourth-order valence-electron chi connectivity index (χ4n) is 3.38. The second-order valence-corrected chi connectivity index (χ2v) is 9.62. The van der Waals surface area contributed by atoms with Gasteiger partial charge in [0.25, 0.3) is 15.9 Å². The summed E-state index contributed by atoms with van der Waals surface area (Å²) >= 11 is 1.25. The molecular weight excluding hydrogens is 368 g/mol. The van der Waals surface area contributed by atoms with E-state index < -0.39 is 10.0 Å². The lowest BCUT2D eigenvalue weighted by Crippen LogP contribution is -2.45. The van der Waals surface area contributed by atoms with Crippen LogP contribution in [0.4, 0.5) is 0 Å². The maximum atomic E-state index is 12.9. The topological polar surface area (TPSA) is 66.5 Å². The van der Waals surface area contributed by atoms with Crippen molar-refractivity contribution in [3.05, 3.63) is 52.9 Å². The van der Waals surface area contributed by atoms with E-state index in [0.29, 0.717) is 29.3 Å². The molecule has 3 rings (SSSR count). The van der Waals surface area contributed by atoms with Crippen LogP contribution in [0.3, 0.4) is 0 Å². The predicted octanol–water partition coefficient (Wildman–Crippen LogP) is 3.42. The second-order valence-electron chi connectivity index (χ2n) is 6.56. The van der Waals surface area contributed by atoms with Gasteiger partial charge < -0.3 is 5.32 Å². The van der Waals surface area contributed by atoms with E-state index in [0.717, 1.165) is 24.8 Å². The van der Waals surface area contributed by atoms with Gasteiger partial charge in [0, 0.05) is 24.7 Å². The zero-order valence-corrected chi connectivity index (χ0v) is 16.5. The van der Waals surface area contributed by atoms with Crippen LogP contribution in [-0.4, -0.2) is 37.8 Å². The second kappa shape index (κ2) is 8.33. The fraction of sp³-hybridized carbons (Fsp3) is 0.421. The number of sulfonamides is 1. The molecule has 2 aromatic rings. The first-order chi connectivity index (χ1) is 12.5. The Morgan fingerprint density at radius 1 is 1.23 bits per heavy atom. The molecule has 0 aliphatic carbocycles. The lowest BCUT2D eigenvalue weighted by Gasteiger charge is -2.34. The first-order valence-corrected chi connectivity index (χ1v) is 11.2. The van der Waals surface area contributed by atoms with Gasteiger partial charge in [-0.15, -0.1) is 11.3 Å². The molecule has 1 aromatic heterocycles. The molecule has 5 nitrogen and oxygen atoms in total. The van der Waals surface area contributed by atoms with E-state index in [1.54, 1.807) is 27.9 Å². The first kappa shape index (κ1) is 19.1. The van der Waals surface area contributed by atoms with Crippen molar-refractivity contribution in [1.29, 1.82) is 0 Å². The zero-order valence-electron chi connectivity index (χ0n) is 14.8. The average molecular weight is 393 g/mol. The number of nitrogens with zero attached hydrogens (tertiary/aromatic N) is 1. The summed E-state index contributed by atoms with van der Waals surface area (Å²) in [5.74, 6) is -0.105. The molecule has 140 valence electrons. The SMILES string of the molecule is Cc1ccccc1C(=O)NCCC1CCCCN1S(=O)(=O)c1cccs1. The minimum absolute atomic E-state index is 0.0620. The largest absolute Gasteiger partial charge is 0.352 e. The van der Waals surface area contributed by atoms with Crippen LogP contribution in [0.5, 0.6) is 0 Å². The Hall–Kier alpha value is -1.70. The Kier molecular flexibility index (Phi) is 6.11. The molecule has 2 heterocycles. The third-order valence-electron chi connectivity index (χ3n) is 4.78. The molecule has 1 saturated heterocycles. The van der Waals surface area contributed by atoms with E-state index in [9.17, 15) is 13.2 Å². The number of thiophene rings is 1. The van der Waals surface area contributed by atoms with E-state index in [1.165, 1.54) is 11.3 Å². The highest BCUT2D eigenvalue weighted by molar-refractivity contribution is 7.91. The molecule has 1 N–H and O–H groups in total. The van der Waals surface area contributed by atoms with Gasteiger partial charge in [-0.1, -0.05) is 30.7 Å². The van der Waals surface area contributed by atoms with Crippen molar-refractivity contribution in [2.75, 3.05) is 13.1 Å². The number of aryl methyl sites for hydroxylation is 1. The summed E-state index contributed by atoms with van der Waals surface area (Å²) in [6.45, 7) is 2.93. The van der Waals surface area contributed by atoms with Crippen molar-refractivity contribution in [3.63, 3.8) is 0 Å². The van der Waals surface area contributed by atoms with E-state index in [4.69, 9.17) is 0 Å². The van der Waals surface area contributed by atoms with Gasteiger partial charge in [-0.05, 0) is 49.3 Å². The van der Waals surface area contributed by atoms with Crippen LogP contribution in [0.1, 0.15) is 41.6 Å². The van der Waals surface area contributed by atoms with Crippen LogP contribution in [0, 0.1) is 6.92 Å². The van der Waals surface area contributed by atoms with Crippen LogP contribution in [0.2, 0.25) is 0 Å². The molecule has 1 aliphatic heterocycles. The van der Waals surface area contributed by atoms with Crippen LogP contribution in [0.25, 0.3) is 0 Å². The number of amides is 1. The molecule has 1 unspecified atom stereocenters. The molecule has 0 saturated carbocycles. The highest BCUT2D eigenvalue weighted by Gasteiger charge is 2.33. The third kappa shape index (κ3) is 4.16. The number of carbonyl (C=O) groups excluding carboxylic acids is 1. The standard InChI is InChI=1S/C19H24N2O3S2/c1-15-7-2-3-9-17(15)19(22)20-12-11-16-8-4-5-13-21(16)26(23,24)18-10-6-14-25-18/h2-3,6-7,9-10,14,16H,4-5,8,11-13H2,1H3,(H,20,22). The normalized spacial score (nSPS) is 18.6. The molecule has 26 heavy (non-hydrogen) atoms. The predicted molar refractivity (Wildman–Crippen MR) is 104 cm³/mol. The monoisotopic (exact) mass is 392 g/mol. The summed E-state index contributed by atoms with van der Waals surface area (Å²) in [7, 11) is -3.44. The highest BCUT2D eigenvalue weighted by atomic mass is 32.2. The van der Waals surface area contributed by atoms with Crippen molar-refractivity contribution >= 4 is 27.3 Å². The van der Waals surface area contributed by atoms with Crippen molar-refractivity contribution < 1.29 is 13.2 Å². The Morgan fingerprint density at radius 3 is 2.77 bits per heavy atom. The van der Waals surface area contributed by atoms with Gasteiger partial charge in [-0.2, -0.15) is 4.31 Å². The lowest BCUT2D eigenvalue weighted by molar-refractivity contribution is 0.0949. The quantitative estimate of drug-likeness (QED) is 0.819. The maximum absolute atomic E-state index is 12.9. The van der Waals surface area contributed by atoms with Crippen LogP contribution in [-0.2, 0) is 10.0 Å². The van der Waals surface area contributed by atoms with Crippen molar-refractivity contribution in [3.8, 4) is 0 Å². The van der Waals surface area contributed by atoms with Crippen LogP contribution in [0.15, 0.2) is 46.0 Å². The number of benzene rings is 1. The molecule has 1 atom stereocenters. The minimum Gasteiger partial charge on any atom is -0.352 e. The molecule has 1 aliphatic rings. The van der Waals surface area contributed by atoms with E-state index in [-0.39, 0.29) is 11.9 Å². The van der Waals surface area contributed by atoms with Gasteiger partial charge in [0.15, 0.2) is 0 Å². The lowest BCUT2D eigenvalue weighted by atomic mass is 10.0. The number of carbonyl (C=O) groups is 1. The molecule has 0 bridgehead atoms. The van der Waals surface area contributed by atoms with Crippen LogP contribution >= 0.6 is 11.3 Å². The van der Waals surface area contributed by atoms with E-state index >= 15 is 0 Å². The smallest absolute Gasteiger partial charge is 0.252 e. The van der Waals surface area contributed by atoms with Gasteiger partial charge in [-0.3, -0.25) is 4.79 Å². The third-order valence-corrected chi connectivity index (χ3v) is 8.11. The molecule has 1 aromatic carbocycles. The van der Waals surface area contributed by atoms with Gasteiger partial charge in [0.05, 0.1) is 0 Å². The molecule has 7 heteroatoms. The summed E-state index contributed by atoms with van der Waals surface area (Å²) in [4.78, 5) is 12.3. The Labute approximate surface area is 159 Å². The molecule has 0 spiro atoms. The maximum Gasteiger partial charge on any atom is 0.252 e. The highest BCUT2D eigenvalue weighted by Crippen LogP contribution is 2.29. The summed E-state index contributed by atoms with van der Waals surface area (Å²) in [6.07, 6.45) is 3.37. The Morgan fingerprint density at radius 2 is 2.04 bits per heavy atom.